The Morgan fingerprint density at radius 2 is 2.00 bits per heavy atom. The third-order valence-corrected chi connectivity index (χ3v) is 3.64. The molecule has 0 aliphatic carbocycles. The molecule has 0 aliphatic rings. The second-order valence-electron chi connectivity index (χ2n) is 3.63. The van der Waals surface area contributed by atoms with Gasteiger partial charge in [-0.1, -0.05) is 29.3 Å². The molecule has 3 nitrogen and oxygen atoms in total. The predicted molar refractivity (Wildman–Crippen MR) is 80.1 cm³/mol. The van der Waals surface area contributed by atoms with E-state index in [1.807, 2.05) is 17.5 Å². The number of thiophene rings is 1. The number of benzene rings is 1. The van der Waals surface area contributed by atoms with Gasteiger partial charge in [-0.25, -0.2) is 0 Å². The van der Waals surface area contributed by atoms with Crippen LogP contribution in [0.15, 0.2) is 35.7 Å². The molecule has 6 heteroatoms. The zero-order valence-electron chi connectivity index (χ0n) is 9.56. The van der Waals surface area contributed by atoms with E-state index in [-0.39, 0.29) is 21.7 Å². The number of aromatic hydroxyl groups is 1. The first-order valence-electron chi connectivity index (χ1n) is 5.27. The Labute approximate surface area is 124 Å². The summed E-state index contributed by atoms with van der Waals surface area (Å²) in [4.78, 5) is 12.7. The SMILES string of the molecule is O=C(/C=C/c1cccs1)Nc1cc(Cl)c(O)c(Cl)c1. The van der Waals surface area contributed by atoms with Crippen molar-refractivity contribution in [2.45, 2.75) is 0 Å². The van der Waals surface area contributed by atoms with Gasteiger partial charge in [-0.15, -0.1) is 11.3 Å². The van der Waals surface area contributed by atoms with Crippen molar-refractivity contribution in [1.82, 2.24) is 0 Å². The maximum atomic E-state index is 11.7. The van der Waals surface area contributed by atoms with Crippen molar-refractivity contribution >= 4 is 52.2 Å². The van der Waals surface area contributed by atoms with Crippen LogP contribution in [-0.4, -0.2) is 11.0 Å². The third-order valence-electron chi connectivity index (χ3n) is 2.23. The van der Waals surface area contributed by atoms with Crippen LogP contribution in [0.5, 0.6) is 5.75 Å². The number of hydrogen-bond donors (Lipinski definition) is 2. The molecule has 1 amide bonds. The van der Waals surface area contributed by atoms with E-state index < -0.39 is 0 Å². The van der Waals surface area contributed by atoms with E-state index in [1.54, 1.807) is 6.08 Å². The van der Waals surface area contributed by atoms with Crippen LogP contribution in [0.4, 0.5) is 5.69 Å². The highest BCUT2D eigenvalue weighted by Crippen LogP contribution is 2.34. The summed E-state index contributed by atoms with van der Waals surface area (Å²) in [7, 11) is 0. The monoisotopic (exact) mass is 313 g/mol. The van der Waals surface area contributed by atoms with Crippen molar-refractivity contribution in [3.05, 3.63) is 50.6 Å². The van der Waals surface area contributed by atoms with Gasteiger partial charge in [0.2, 0.25) is 5.91 Å². The van der Waals surface area contributed by atoms with Gasteiger partial charge in [-0.2, -0.15) is 0 Å². The molecule has 2 rings (SSSR count). The number of amides is 1. The summed E-state index contributed by atoms with van der Waals surface area (Å²) in [5.74, 6) is -0.498. The van der Waals surface area contributed by atoms with Crippen LogP contribution in [0.1, 0.15) is 4.88 Å². The van der Waals surface area contributed by atoms with Crippen molar-refractivity contribution < 1.29 is 9.90 Å². The number of hydrogen-bond acceptors (Lipinski definition) is 3. The number of anilines is 1. The van der Waals surface area contributed by atoms with E-state index in [9.17, 15) is 9.90 Å². The Bertz CT molecular complexity index is 601. The van der Waals surface area contributed by atoms with Gasteiger partial charge in [0.25, 0.3) is 0 Å². The summed E-state index contributed by atoms with van der Waals surface area (Å²) in [6, 6.07) is 6.67. The lowest BCUT2D eigenvalue weighted by Crippen LogP contribution is -2.07. The van der Waals surface area contributed by atoms with Crippen LogP contribution in [0.2, 0.25) is 10.0 Å². The second kappa shape index (κ2) is 6.10. The minimum absolute atomic E-state index is 0.0880. The minimum Gasteiger partial charge on any atom is -0.505 e. The Balaban J connectivity index is 2.07. The van der Waals surface area contributed by atoms with Gasteiger partial charge in [0, 0.05) is 16.6 Å². The average molecular weight is 314 g/mol. The fourth-order valence-electron chi connectivity index (χ4n) is 1.37. The van der Waals surface area contributed by atoms with E-state index in [1.165, 1.54) is 29.5 Å². The number of phenols is 1. The van der Waals surface area contributed by atoms with Crippen LogP contribution in [0, 0.1) is 0 Å². The molecule has 1 heterocycles. The molecule has 0 unspecified atom stereocenters. The molecule has 0 saturated heterocycles. The van der Waals surface area contributed by atoms with Crippen LogP contribution in [0.25, 0.3) is 6.08 Å². The van der Waals surface area contributed by atoms with Gasteiger partial charge in [0.15, 0.2) is 5.75 Å². The van der Waals surface area contributed by atoms with Crippen molar-refractivity contribution in [2.24, 2.45) is 0 Å². The Morgan fingerprint density at radius 3 is 2.58 bits per heavy atom. The van der Waals surface area contributed by atoms with Crippen molar-refractivity contribution in [1.29, 1.82) is 0 Å². The highest BCUT2D eigenvalue weighted by molar-refractivity contribution is 7.10. The molecule has 1 aromatic heterocycles. The molecule has 0 radical (unpaired) electrons. The fraction of sp³-hybridized carbons (Fsp3) is 0. The lowest BCUT2D eigenvalue weighted by Gasteiger charge is -2.05. The number of carbonyl (C=O) groups is 1. The summed E-state index contributed by atoms with van der Waals surface area (Å²) in [6.45, 7) is 0. The largest absolute Gasteiger partial charge is 0.505 e. The van der Waals surface area contributed by atoms with Crippen molar-refractivity contribution in [2.75, 3.05) is 5.32 Å². The minimum atomic E-state index is -0.300. The molecule has 2 N–H and O–H groups in total. The summed E-state index contributed by atoms with van der Waals surface area (Å²) >= 11 is 13.1. The summed E-state index contributed by atoms with van der Waals surface area (Å²) in [5, 5.41) is 14.1. The molecule has 0 aliphatic heterocycles. The molecular formula is C13H9Cl2NO2S. The molecular weight excluding hydrogens is 305 g/mol. The first-order chi connectivity index (χ1) is 9.06. The first-order valence-corrected chi connectivity index (χ1v) is 6.90. The van der Waals surface area contributed by atoms with E-state index in [2.05, 4.69) is 5.32 Å². The van der Waals surface area contributed by atoms with Crippen LogP contribution in [-0.2, 0) is 4.79 Å². The number of nitrogens with one attached hydrogen (secondary N) is 1. The van der Waals surface area contributed by atoms with Gasteiger partial charge in [0.1, 0.15) is 0 Å². The highest BCUT2D eigenvalue weighted by Gasteiger charge is 2.07. The lowest BCUT2D eigenvalue weighted by molar-refractivity contribution is -0.111. The molecule has 2 aromatic rings. The molecule has 0 saturated carbocycles. The van der Waals surface area contributed by atoms with Gasteiger partial charge in [-0.3, -0.25) is 4.79 Å². The molecule has 0 atom stereocenters. The van der Waals surface area contributed by atoms with Crippen LogP contribution >= 0.6 is 34.5 Å². The first kappa shape index (κ1) is 13.9. The second-order valence-corrected chi connectivity index (χ2v) is 5.42. The predicted octanol–water partition coefficient (Wildman–Crippen LogP) is 4.41. The van der Waals surface area contributed by atoms with E-state index in [4.69, 9.17) is 23.2 Å². The third kappa shape index (κ3) is 3.73. The van der Waals surface area contributed by atoms with Gasteiger partial charge in [0.05, 0.1) is 10.0 Å². The average Bonchev–Trinajstić information content (AvgIpc) is 2.86. The zero-order valence-corrected chi connectivity index (χ0v) is 11.9. The zero-order chi connectivity index (χ0) is 13.8. The number of rotatable bonds is 3. The standard InChI is InChI=1S/C13H9Cl2NO2S/c14-10-6-8(7-11(15)13(10)18)16-12(17)4-3-9-2-1-5-19-9/h1-7,18H,(H,16,17)/b4-3+. The quantitative estimate of drug-likeness (QED) is 0.651. The summed E-state index contributed by atoms with van der Waals surface area (Å²) < 4.78 is 0. The molecule has 98 valence electrons. The maximum Gasteiger partial charge on any atom is 0.248 e. The fourth-order valence-corrected chi connectivity index (χ4v) is 2.47. The molecule has 1 aromatic carbocycles. The molecule has 19 heavy (non-hydrogen) atoms. The van der Waals surface area contributed by atoms with Crippen LogP contribution in [0.3, 0.4) is 0 Å². The Hall–Kier alpha value is -1.49. The molecule has 0 spiro atoms. The number of halogens is 2. The molecule has 0 fully saturated rings. The topological polar surface area (TPSA) is 49.3 Å². The molecule has 0 bridgehead atoms. The lowest BCUT2D eigenvalue weighted by atomic mass is 10.3. The summed E-state index contributed by atoms with van der Waals surface area (Å²) in [6.07, 6.45) is 3.13. The van der Waals surface area contributed by atoms with E-state index in [0.717, 1.165) is 4.88 Å². The maximum absolute atomic E-state index is 11.7. The van der Waals surface area contributed by atoms with Crippen molar-refractivity contribution in [3.63, 3.8) is 0 Å². The smallest absolute Gasteiger partial charge is 0.248 e. The van der Waals surface area contributed by atoms with Crippen LogP contribution < -0.4 is 5.32 Å². The summed E-state index contributed by atoms with van der Waals surface area (Å²) in [5.41, 5.74) is 0.425. The normalized spacial score (nSPS) is 10.8. The number of phenolic OH excluding ortho intramolecular Hbond substituents is 1. The van der Waals surface area contributed by atoms with Gasteiger partial charge >= 0.3 is 0 Å². The van der Waals surface area contributed by atoms with Gasteiger partial charge < -0.3 is 10.4 Å². The van der Waals surface area contributed by atoms with E-state index in [0.29, 0.717) is 5.69 Å². The van der Waals surface area contributed by atoms with Gasteiger partial charge in [-0.05, 0) is 29.7 Å². The Morgan fingerprint density at radius 1 is 1.32 bits per heavy atom. The number of carbonyl (C=O) groups excluding carboxylic acids is 1. The highest BCUT2D eigenvalue weighted by atomic mass is 35.5. The van der Waals surface area contributed by atoms with Crippen molar-refractivity contribution in [3.8, 4) is 5.75 Å². The Kier molecular flexibility index (Phi) is 4.47. The van der Waals surface area contributed by atoms with E-state index >= 15 is 0 Å².